The summed E-state index contributed by atoms with van der Waals surface area (Å²) >= 11 is 0. The number of ether oxygens (including phenoxy) is 1. The minimum atomic E-state index is 0.00637. The van der Waals surface area contributed by atoms with Gasteiger partial charge in [-0.1, -0.05) is 24.3 Å². The number of rotatable bonds is 4. The summed E-state index contributed by atoms with van der Waals surface area (Å²) in [4.78, 5) is 25.1. The van der Waals surface area contributed by atoms with Crippen molar-refractivity contribution in [2.24, 2.45) is 0 Å². The molecule has 2 aliphatic rings. The van der Waals surface area contributed by atoms with E-state index in [0.717, 1.165) is 50.4 Å². The van der Waals surface area contributed by atoms with Gasteiger partial charge in [0, 0.05) is 61.6 Å². The van der Waals surface area contributed by atoms with E-state index in [2.05, 4.69) is 50.5 Å². The maximum absolute atomic E-state index is 12.8. The number of likely N-dealkylation sites (tertiary alicyclic amines) is 1. The number of urea groups is 1. The number of aromatic amines is 1. The zero-order valence-electron chi connectivity index (χ0n) is 17.7. The fourth-order valence-corrected chi connectivity index (χ4v) is 4.62. The van der Waals surface area contributed by atoms with Gasteiger partial charge in [0.25, 0.3) is 0 Å². The highest BCUT2D eigenvalue weighted by Gasteiger charge is 2.25. The summed E-state index contributed by atoms with van der Waals surface area (Å²) in [5, 5.41) is 4.36. The maximum Gasteiger partial charge on any atom is 0.317 e. The lowest BCUT2D eigenvalue weighted by Gasteiger charge is -2.32. The molecular formula is C24H29N5O2. The number of aromatic nitrogens is 2. The van der Waals surface area contributed by atoms with Crippen LogP contribution in [-0.2, 0) is 11.3 Å². The number of carbonyl (C=O) groups is 1. The van der Waals surface area contributed by atoms with E-state index in [0.29, 0.717) is 25.7 Å². The van der Waals surface area contributed by atoms with Crippen LogP contribution in [0.2, 0.25) is 0 Å². The predicted molar refractivity (Wildman–Crippen MR) is 121 cm³/mol. The van der Waals surface area contributed by atoms with Gasteiger partial charge in [-0.05, 0) is 36.4 Å². The van der Waals surface area contributed by atoms with Crippen molar-refractivity contribution in [3.05, 3.63) is 59.9 Å². The molecule has 4 heterocycles. The molecule has 162 valence electrons. The Morgan fingerprint density at radius 2 is 1.90 bits per heavy atom. The molecular weight excluding hydrogens is 390 g/mol. The first-order chi connectivity index (χ1) is 15.3. The van der Waals surface area contributed by atoms with Crippen molar-refractivity contribution in [2.75, 3.05) is 44.3 Å². The maximum atomic E-state index is 12.8. The van der Waals surface area contributed by atoms with Crippen LogP contribution in [0.15, 0.2) is 48.7 Å². The second kappa shape index (κ2) is 8.98. The monoisotopic (exact) mass is 419 g/mol. The van der Waals surface area contributed by atoms with Crippen molar-refractivity contribution in [2.45, 2.75) is 25.3 Å². The Morgan fingerprint density at radius 1 is 1.10 bits per heavy atom. The van der Waals surface area contributed by atoms with Crippen LogP contribution >= 0.6 is 0 Å². The zero-order chi connectivity index (χ0) is 21.0. The van der Waals surface area contributed by atoms with Crippen molar-refractivity contribution in [3.63, 3.8) is 0 Å². The van der Waals surface area contributed by atoms with Crippen molar-refractivity contribution in [1.29, 1.82) is 0 Å². The number of nitrogens with one attached hydrogen (secondary N) is 2. The minimum Gasteiger partial charge on any atom is -0.378 e. The quantitative estimate of drug-likeness (QED) is 0.679. The van der Waals surface area contributed by atoms with Crippen LogP contribution in [0.3, 0.4) is 0 Å². The Labute approximate surface area is 182 Å². The highest BCUT2D eigenvalue weighted by molar-refractivity contribution is 5.80. The number of para-hydroxylation sites is 1. The molecule has 2 fully saturated rings. The molecule has 2 saturated heterocycles. The van der Waals surface area contributed by atoms with E-state index in [1.807, 2.05) is 23.2 Å². The highest BCUT2D eigenvalue weighted by atomic mass is 16.5. The van der Waals surface area contributed by atoms with Gasteiger partial charge in [0.05, 0.1) is 13.2 Å². The van der Waals surface area contributed by atoms with Gasteiger partial charge in [0.2, 0.25) is 0 Å². The van der Waals surface area contributed by atoms with E-state index in [9.17, 15) is 4.79 Å². The number of H-pyrrole nitrogens is 1. The Morgan fingerprint density at radius 3 is 2.71 bits per heavy atom. The summed E-state index contributed by atoms with van der Waals surface area (Å²) in [6, 6.07) is 14.6. The van der Waals surface area contributed by atoms with E-state index < -0.39 is 0 Å². The van der Waals surface area contributed by atoms with E-state index in [1.165, 1.54) is 16.6 Å². The number of hydrogen-bond donors (Lipinski definition) is 2. The number of piperidine rings is 1. The van der Waals surface area contributed by atoms with Crippen molar-refractivity contribution in [1.82, 2.24) is 20.2 Å². The predicted octanol–water partition coefficient (Wildman–Crippen LogP) is 3.49. The average molecular weight is 420 g/mol. The lowest BCUT2D eigenvalue weighted by molar-refractivity contribution is 0.122. The molecule has 0 saturated carbocycles. The summed E-state index contributed by atoms with van der Waals surface area (Å²) in [5.74, 6) is 1.42. The van der Waals surface area contributed by atoms with Crippen LogP contribution in [0, 0.1) is 0 Å². The number of hydrogen-bond acceptors (Lipinski definition) is 4. The third-order valence-corrected chi connectivity index (χ3v) is 6.38. The Bertz CT molecular complexity index is 1000. The van der Waals surface area contributed by atoms with E-state index in [1.54, 1.807) is 0 Å². The number of anilines is 1. The molecule has 2 aromatic heterocycles. The van der Waals surface area contributed by atoms with Gasteiger partial charge in [-0.25, -0.2) is 9.78 Å². The largest absolute Gasteiger partial charge is 0.378 e. The van der Waals surface area contributed by atoms with Crippen LogP contribution in [0.5, 0.6) is 0 Å². The SMILES string of the molecule is O=C(NCc1cccnc1N1CCOCC1)N1CCC(c2cc3ccccc3[nH]2)CC1. The van der Waals surface area contributed by atoms with Crippen LogP contribution in [0.1, 0.15) is 30.0 Å². The molecule has 2 amide bonds. The standard InChI is InChI=1S/C24H29N5O2/c30-24(26-17-20-5-3-9-25-23(20)28-12-14-31-15-13-28)29-10-7-18(8-11-29)22-16-19-4-1-2-6-21(19)27-22/h1-6,9,16,18,27H,7-8,10-15,17H2,(H,26,30). The molecule has 3 aromatic rings. The molecule has 0 unspecified atom stereocenters. The second-order valence-corrected chi connectivity index (χ2v) is 8.32. The van der Waals surface area contributed by atoms with Crippen LogP contribution in [-0.4, -0.2) is 60.3 Å². The summed E-state index contributed by atoms with van der Waals surface area (Å²) in [7, 11) is 0. The molecule has 7 nitrogen and oxygen atoms in total. The Hall–Kier alpha value is -3.06. The lowest BCUT2D eigenvalue weighted by atomic mass is 9.94. The number of amides is 2. The number of fused-ring (bicyclic) bond motifs is 1. The summed E-state index contributed by atoms with van der Waals surface area (Å²) in [6.45, 7) is 5.13. The minimum absolute atomic E-state index is 0.00637. The van der Waals surface area contributed by atoms with E-state index >= 15 is 0 Å². The van der Waals surface area contributed by atoms with E-state index in [-0.39, 0.29) is 6.03 Å². The first-order valence-electron chi connectivity index (χ1n) is 11.1. The van der Waals surface area contributed by atoms with Crippen molar-refractivity contribution >= 4 is 22.8 Å². The number of nitrogens with zero attached hydrogens (tertiary/aromatic N) is 3. The third kappa shape index (κ3) is 4.37. The van der Waals surface area contributed by atoms with E-state index in [4.69, 9.17) is 4.74 Å². The van der Waals surface area contributed by atoms with Crippen LogP contribution in [0.4, 0.5) is 10.6 Å². The molecule has 5 rings (SSSR count). The average Bonchev–Trinajstić information content (AvgIpc) is 3.28. The van der Waals surface area contributed by atoms with Gasteiger partial charge in [0.15, 0.2) is 0 Å². The topological polar surface area (TPSA) is 73.5 Å². The second-order valence-electron chi connectivity index (χ2n) is 8.32. The molecule has 0 atom stereocenters. The Balaban J connectivity index is 1.16. The van der Waals surface area contributed by atoms with Gasteiger partial charge in [-0.2, -0.15) is 0 Å². The summed E-state index contributed by atoms with van der Waals surface area (Å²) in [5.41, 5.74) is 3.52. The first-order valence-corrected chi connectivity index (χ1v) is 11.1. The molecule has 0 aliphatic carbocycles. The molecule has 0 radical (unpaired) electrons. The number of morpholine rings is 1. The molecule has 0 spiro atoms. The smallest absolute Gasteiger partial charge is 0.317 e. The molecule has 1 aromatic carbocycles. The van der Waals surface area contributed by atoms with Gasteiger partial charge < -0.3 is 24.8 Å². The number of carbonyl (C=O) groups excluding carboxylic acids is 1. The van der Waals surface area contributed by atoms with Gasteiger partial charge >= 0.3 is 6.03 Å². The van der Waals surface area contributed by atoms with Gasteiger partial charge in [-0.3, -0.25) is 0 Å². The summed E-state index contributed by atoms with van der Waals surface area (Å²) < 4.78 is 5.45. The van der Waals surface area contributed by atoms with Crippen LogP contribution in [0.25, 0.3) is 10.9 Å². The third-order valence-electron chi connectivity index (χ3n) is 6.38. The number of benzene rings is 1. The van der Waals surface area contributed by atoms with Crippen molar-refractivity contribution < 1.29 is 9.53 Å². The molecule has 0 bridgehead atoms. The van der Waals surface area contributed by atoms with Crippen molar-refractivity contribution in [3.8, 4) is 0 Å². The summed E-state index contributed by atoms with van der Waals surface area (Å²) in [6.07, 6.45) is 3.77. The normalized spacial score (nSPS) is 17.8. The fraction of sp³-hybridized carbons (Fsp3) is 0.417. The molecule has 2 N–H and O–H groups in total. The fourth-order valence-electron chi connectivity index (χ4n) is 4.62. The van der Waals surface area contributed by atoms with Crippen LogP contribution < -0.4 is 10.2 Å². The molecule has 7 heteroatoms. The number of pyridine rings is 1. The van der Waals surface area contributed by atoms with Gasteiger partial charge in [0.1, 0.15) is 5.82 Å². The van der Waals surface area contributed by atoms with Gasteiger partial charge in [-0.15, -0.1) is 0 Å². The first kappa shape index (κ1) is 19.9. The Kier molecular flexibility index (Phi) is 5.76. The highest BCUT2D eigenvalue weighted by Crippen LogP contribution is 2.30. The molecule has 31 heavy (non-hydrogen) atoms. The lowest BCUT2D eigenvalue weighted by Crippen LogP contribution is -2.44. The molecule has 2 aliphatic heterocycles. The zero-order valence-corrected chi connectivity index (χ0v) is 17.7.